The number of aliphatic hydroxyl groups is 1. The van der Waals surface area contributed by atoms with Gasteiger partial charge >= 0.3 is 0 Å². The van der Waals surface area contributed by atoms with E-state index in [-0.39, 0.29) is 42.2 Å². The van der Waals surface area contributed by atoms with Crippen molar-refractivity contribution in [3.8, 4) is 0 Å². The zero-order valence-electron chi connectivity index (χ0n) is 23.3. The Balaban J connectivity index is 1.25. The van der Waals surface area contributed by atoms with E-state index in [9.17, 15) is 29.1 Å². The number of ketones is 3. The molecule has 7 rings (SSSR count). The van der Waals surface area contributed by atoms with E-state index >= 15 is 0 Å². The third kappa shape index (κ3) is 4.12. The van der Waals surface area contributed by atoms with E-state index in [2.05, 4.69) is 0 Å². The molecule has 3 aliphatic carbocycles. The van der Waals surface area contributed by atoms with Crippen LogP contribution in [0, 0.1) is 17.8 Å². The van der Waals surface area contributed by atoms with Crippen LogP contribution in [0.5, 0.6) is 0 Å². The molecule has 1 fully saturated rings. The predicted octanol–water partition coefficient (Wildman–Crippen LogP) is 4.64. The summed E-state index contributed by atoms with van der Waals surface area (Å²) in [6.45, 7) is 1.28. The zero-order valence-corrected chi connectivity index (χ0v) is 23.3. The molecule has 1 saturated heterocycles. The van der Waals surface area contributed by atoms with Gasteiger partial charge in [-0.05, 0) is 68.2 Å². The number of nitrogens with zero attached hydrogens (tertiary/aromatic N) is 1. The van der Waals surface area contributed by atoms with E-state index in [1.165, 1.54) is 11.0 Å². The second-order valence-corrected chi connectivity index (χ2v) is 11.4. The smallest absolute Gasteiger partial charge is 0.238 e. The Morgan fingerprint density at radius 2 is 1.63 bits per heavy atom. The summed E-state index contributed by atoms with van der Waals surface area (Å²) in [5, 5.41) is 9.62. The van der Waals surface area contributed by atoms with Gasteiger partial charge in [-0.3, -0.25) is 28.9 Å². The van der Waals surface area contributed by atoms with Crippen LogP contribution in [-0.4, -0.2) is 34.3 Å². The molecule has 3 aromatic rings. The predicted molar refractivity (Wildman–Crippen MR) is 155 cm³/mol. The SMILES string of the molecule is CC1=CC(=O)C2=C(CC3C(=CCC4C(=O)N(c5ccc(C(=O)c6ccccc6)cc5)C(=O)C43)C2c2ccc(CO)o2)C1=O. The first kappa shape index (κ1) is 26.9. The minimum Gasteiger partial charge on any atom is -0.463 e. The Labute approximate surface area is 247 Å². The molecule has 1 aromatic heterocycles. The summed E-state index contributed by atoms with van der Waals surface area (Å²) in [5.74, 6) is -3.19. The van der Waals surface area contributed by atoms with E-state index in [0.29, 0.717) is 51.5 Å². The highest BCUT2D eigenvalue weighted by atomic mass is 16.4. The Morgan fingerprint density at radius 1 is 0.907 bits per heavy atom. The van der Waals surface area contributed by atoms with Gasteiger partial charge in [0.1, 0.15) is 18.1 Å². The molecule has 4 aliphatic rings. The number of fused-ring (bicyclic) bond motifs is 3. The van der Waals surface area contributed by atoms with E-state index in [1.54, 1.807) is 67.6 Å². The molecule has 4 atom stereocenters. The summed E-state index contributed by atoms with van der Waals surface area (Å²) < 4.78 is 5.89. The van der Waals surface area contributed by atoms with Crippen molar-refractivity contribution in [2.24, 2.45) is 17.8 Å². The molecule has 0 spiro atoms. The Hall–Kier alpha value is -4.95. The molecule has 8 nitrogen and oxygen atoms in total. The van der Waals surface area contributed by atoms with Crippen LogP contribution < -0.4 is 4.90 Å². The average molecular weight is 574 g/mol. The number of anilines is 1. The Bertz CT molecular complexity index is 1820. The first-order chi connectivity index (χ1) is 20.8. The van der Waals surface area contributed by atoms with Crippen LogP contribution in [0.2, 0.25) is 0 Å². The highest BCUT2D eigenvalue weighted by Crippen LogP contribution is 2.55. The van der Waals surface area contributed by atoms with Crippen molar-refractivity contribution in [1.82, 2.24) is 0 Å². The van der Waals surface area contributed by atoms with Crippen molar-refractivity contribution in [3.63, 3.8) is 0 Å². The fourth-order valence-corrected chi connectivity index (χ4v) is 7.12. The van der Waals surface area contributed by atoms with Gasteiger partial charge in [0.2, 0.25) is 11.8 Å². The second kappa shape index (κ2) is 10.1. The normalized spacial score (nSPS) is 24.8. The van der Waals surface area contributed by atoms with Gasteiger partial charge in [0.25, 0.3) is 0 Å². The lowest BCUT2D eigenvalue weighted by Crippen LogP contribution is -2.39. The van der Waals surface area contributed by atoms with Crippen molar-refractivity contribution < 1.29 is 33.5 Å². The molecule has 43 heavy (non-hydrogen) atoms. The van der Waals surface area contributed by atoms with E-state index in [1.807, 2.05) is 12.1 Å². The fraction of sp³-hybridized carbons (Fsp3) is 0.229. The number of benzene rings is 2. The third-order valence-electron chi connectivity index (χ3n) is 9.11. The largest absolute Gasteiger partial charge is 0.463 e. The summed E-state index contributed by atoms with van der Waals surface area (Å²) >= 11 is 0. The summed E-state index contributed by atoms with van der Waals surface area (Å²) in [4.78, 5) is 68.6. The number of furan rings is 1. The number of carbonyl (C=O) groups is 5. The highest BCUT2D eigenvalue weighted by Gasteiger charge is 2.57. The molecular formula is C35H27NO7. The quantitative estimate of drug-likeness (QED) is 0.204. The minimum atomic E-state index is -0.726. The van der Waals surface area contributed by atoms with Gasteiger partial charge in [-0.2, -0.15) is 0 Å². The van der Waals surface area contributed by atoms with Gasteiger partial charge < -0.3 is 9.52 Å². The average Bonchev–Trinajstić information content (AvgIpc) is 3.61. The van der Waals surface area contributed by atoms with Gasteiger partial charge in [-0.1, -0.05) is 42.0 Å². The number of hydrogen-bond acceptors (Lipinski definition) is 7. The number of hydrogen-bond donors (Lipinski definition) is 1. The topological polar surface area (TPSA) is 122 Å². The van der Waals surface area contributed by atoms with Crippen molar-refractivity contribution >= 4 is 34.9 Å². The number of amides is 2. The monoisotopic (exact) mass is 573 g/mol. The molecule has 2 amide bonds. The van der Waals surface area contributed by atoms with Crippen molar-refractivity contribution in [2.45, 2.75) is 32.3 Å². The summed E-state index contributed by atoms with van der Waals surface area (Å²) in [6, 6.07) is 18.6. The highest BCUT2D eigenvalue weighted by molar-refractivity contribution is 6.25. The van der Waals surface area contributed by atoms with Gasteiger partial charge in [0.05, 0.1) is 23.4 Å². The van der Waals surface area contributed by atoms with Gasteiger partial charge in [0.15, 0.2) is 17.3 Å². The molecule has 8 heteroatoms. The summed E-state index contributed by atoms with van der Waals surface area (Å²) in [6.07, 6.45) is 3.72. The summed E-state index contributed by atoms with van der Waals surface area (Å²) in [5.41, 5.74) is 3.15. The lowest BCUT2D eigenvalue weighted by atomic mass is 9.60. The minimum absolute atomic E-state index is 0.163. The van der Waals surface area contributed by atoms with Crippen LogP contribution in [0.4, 0.5) is 5.69 Å². The number of carbonyl (C=O) groups excluding carboxylic acids is 5. The molecular weight excluding hydrogens is 546 g/mol. The van der Waals surface area contributed by atoms with Crippen molar-refractivity contribution in [1.29, 1.82) is 0 Å². The molecule has 1 N–H and O–H groups in total. The second-order valence-electron chi connectivity index (χ2n) is 11.4. The van der Waals surface area contributed by atoms with Gasteiger partial charge in [0, 0.05) is 27.8 Å². The van der Waals surface area contributed by atoms with Crippen molar-refractivity contribution in [2.75, 3.05) is 4.90 Å². The third-order valence-corrected chi connectivity index (χ3v) is 9.11. The molecule has 2 aromatic carbocycles. The lowest BCUT2D eigenvalue weighted by molar-refractivity contribution is -0.123. The molecule has 0 bridgehead atoms. The van der Waals surface area contributed by atoms with Crippen LogP contribution in [-0.2, 0) is 25.8 Å². The first-order valence-corrected chi connectivity index (χ1v) is 14.3. The van der Waals surface area contributed by atoms with Crippen LogP contribution >= 0.6 is 0 Å². The molecule has 214 valence electrons. The molecule has 1 aliphatic heterocycles. The zero-order chi connectivity index (χ0) is 30.0. The number of allylic oxidation sites excluding steroid dienone is 6. The van der Waals surface area contributed by atoms with E-state index in [4.69, 9.17) is 4.42 Å². The van der Waals surface area contributed by atoms with Gasteiger partial charge in [-0.25, -0.2) is 0 Å². The lowest BCUT2D eigenvalue weighted by Gasteiger charge is -2.41. The molecule has 0 saturated carbocycles. The summed E-state index contributed by atoms with van der Waals surface area (Å²) in [7, 11) is 0. The van der Waals surface area contributed by atoms with Crippen LogP contribution in [0.1, 0.15) is 53.1 Å². The Morgan fingerprint density at radius 3 is 2.33 bits per heavy atom. The number of aliphatic hydroxyl groups excluding tert-OH is 1. The maximum absolute atomic E-state index is 14.1. The molecule has 0 radical (unpaired) electrons. The van der Waals surface area contributed by atoms with Crippen LogP contribution in [0.3, 0.4) is 0 Å². The standard InChI is InChI=1S/C35H27NO7/c1-18-15-27(38)30-26(32(18)39)16-25-23(31(30)28-14-11-22(17-37)43-28)12-13-24-29(25)35(42)36(34(24)41)21-9-7-20(8-10-21)33(40)19-5-3-2-4-6-19/h2-12,14-15,24-25,29,31,37H,13,16-17H2,1H3. The number of Topliss-reactive ketones (excluding diaryl/α,β-unsaturated/α-hetero) is 1. The molecule has 4 unspecified atom stereocenters. The maximum atomic E-state index is 14.1. The number of rotatable bonds is 5. The van der Waals surface area contributed by atoms with Crippen LogP contribution in [0.25, 0.3) is 0 Å². The molecule has 2 heterocycles. The van der Waals surface area contributed by atoms with Crippen LogP contribution in [0.15, 0.2) is 106 Å². The first-order valence-electron chi connectivity index (χ1n) is 14.3. The van der Waals surface area contributed by atoms with E-state index in [0.717, 1.165) is 5.57 Å². The maximum Gasteiger partial charge on any atom is 0.238 e. The van der Waals surface area contributed by atoms with E-state index < -0.39 is 23.7 Å². The Kier molecular flexibility index (Phi) is 6.32. The number of imide groups is 1. The van der Waals surface area contributed by atoms with Gasteiger partial charge in [-0.15, -0.1) is 0 Å². The fourth-order valence-electron chi connectivity index (χ4n) is 7.12. The van der Waals surface area contributed by atoms with Crippen molar-refractivity contribution in [3.05, 3.63) is 124 Å².